The molecule has 104 valence electrons. The normalized spacial score (nSPS) is 11.9. The Balaban J connectivity index is 2.29. The minimum atomic E-state index is -0.340. The fraction of sp³-hybridized carbons (Fsp3) is 0.250. The monoisotopic (exact) mass is 270 g/mol. The predicted molar refractivity (Wildman–Crippen MR) is 81.1 cm³/mol. The molecule has 2 rings (SSSR count). The van der Waals surface area contributed by atoms with Crippen LogP contribution in [-0.2, 0) is 0 Å². The summed E-state index contributed by atoms with van der Waals surface area (Å²) in [6.07, 6.45) is 0. The maximum atomic E-state index is 11.0. The van der Waals surface area contributed by atoms with E-state index in [1.165, 1.54) is 0 Å². The molecular formula is C16H18N2O2. The third kappa shape index (κ3) is 2.96. The summed E-state index contributed by atoms with van der Waals surface area (Å²) < 4.78 is 0. The lowest BCUT2D eigenvalue weighted by Gasteiger charge is -2.17. The third-order valence-corrected chi connectivity index (χ3v) is 3.41. The van der Waals surface area contributed by atoms with Crippen molar-refractivity contribution in [3.63, 3.8) is 0 Å². The molecule has 2 aromatic carbocycles. The molecule has 20 heavy (non-hydrogen) atoms. The van der Waals surface area contributed by atoms with Crippen LogP contribution in [0.3, 0.4) is 0 Å². The van der Waals surface area contributed by atoms with E-state index in [4.69, 9.17) is 0 Å². The maximum absolute atomic E-state index is 11.0. The summed E-state index contributed by atoms with van der Waals surface area (Å²) in [5.41, 5.74) is 3.80. The van der Waals surface area contributed by atoms with Crippen molar-refractivity contribution >= 4 is 11.4 Å². The molecule has 0 aliphatic carbocycles. The van der Waals surface area contributed by atoms with Crippen molar-refractivity contribution in [3.05, 3.63) is 69.3 Å². The minimum Gasteiger partial charge on any atom is -0.378 e. The van der Waals surface area contributed by atoms with E-state index in [0.29, 0.717) is 5.56 Å². The molecule has 1 unspecified atom stereocenters. The molecule has 4 nitrogen and oxygen atoms in total. The molecule has 2 aromatic rings. The van der Waals surface area contributed by atoms with Crippen LogP contribution < -0.4 is 5.32 Å². The van der Waals surface area contributed by atoms with Crippen LogP contribution in [-0.4, -0.2) is 4.92 Å². The summed E-state index contributed by atoms with van der Waals surface area (Å²) in [5, 5.41) is 14.4. The number of benzene rings is 2. The number of nitrogens with zero attached hydrogens (tertiary/aromatic N) is 1. The van der Waals surface area contributed by atoms with Crippen LogP contribution in [0.4, 0.5) is 11.4 Å². The molecule has 0 radical (unpaired) electrons. The van der Waals surface area contributed by atoms with Gasteiger partial charge in [0.2, 0.25) is 0 Å². The van der Waals surface area contributed by atoms with Gasteiger partial charge in [0.15, 0.2) is 0 Å². The van der Waals surface area contributed by atoms with E-state index in [1.807, 2.05) is 50.2 Å². The highest BCUT2D eigenvalue weighted by molar-refractivity contribution is 5.60. The molecule has 0 saturated carbocycles. The second-order valence-corrected chi connectivity index (χ2v) is 4.99. The molecule has 0 aliphatic heterocycles. The fourth-order valence-corrected chi connectivity index (χ4v) is 2.25. The van der Waals surface area contributed by atoms with E-state index in [0.717, 1.165) is 16.8 Å². The van der Waals surface area contributed by atoms with Crippen molar-refractivity contribution in [2.75, 3.05) is 5.32 Å². The third-order valence-electron chi connectivity index (χ3n) is 3.41. The van der Waals surface area contributed by atoms with Crippen LogP contribution in [0.25, 0.3) is 0 Å². The van der Waals surface area contributed by atoms with Crippen LogP contribution in [0.2, 0.25) is 0 Å². The van der Waals surface area contributed by atoms with Crippen LogP contribution in [0.15, 0.2) is 42.5 Å². The number of hydrogen-bond donors (Lipinski definition) is 1. The van der Waals surface area contributed by atoms with Gasteiger partial charge >= 0.3 is 0 Å². The van der Waals surface area contributed by atoms with Gasteiger partial charge in [0.25, 0.3) is 5.69 Å². The summed E-state index contributed by atoms with van der Waals surface area (Å²) in [7, 11) is 0. The molecule has 0 amide bonds. The number of nitro groups is 1. The molecule has 0 aliphatic rings. The SMILES string of the molecule is Cc1cc(C)c([N+](=O)[O-])cc1NC(C)c1ccccc1. The molecule has 0 fully saturated rings. The largest absolute Gasteiger partial charge is 0.378 e. The number of rotatable bonds is 4. The molecular weight excluding hydrogens is 252 g/mol. The summed E-state index contributed by atoms with van der Waals surface area (Å²) in [5.74, 6) is 0. The topological polar surface area (TPSA) is 55.2 Å². The van der Waals surface area contributed by atoms with Gasteiger partial charge in [-0.1, -0.05) is 30.3 Å². The van der Waals surface area contributed by atoms with E-state index in [1.54, 1.807) is 13.0 Å². The average molecular weight is 270 g/mol. The van der Waals surface area contributed by atoms with Crippen LogP contribution in [0, 0.1) is 24.0 Å². The zero-order valence-corrected chi connectivity index (χ0v) is 11.9. The molecule has 0 aromatic heterocycles. The molecule has 1 atom stereocenters. The zero-order valence-electron chi connectivity index (χ0n) is 11.9. The van der Waals surface area contributed by atoms with Crippen molar-refractivity contribution in [2.24, 2.45) is 0 Å². The number of nitrogens with one attached hydrogen (secondary N) is 1. The second-order valence-electron chi connectivity index (χ2n) is 4.99. The zero-order chi connectivity index (χ0) is 14.7. The van der Waals surface area contributed by atoms with E-state index >= 15 is 0 Å². The van der Waals surface area contributed by atoms with Gasteiger partial charge in [-0.15, -0.1) is 0 Å². The van der Waals surface area contributed by atoms with Crippen LogP contribution in [0.1, 0.15) is 29.7 Å². The van der Waals surface area contributed by atoms with E-state index in [-0.39, 0.29) is 16.7 Å². The van der Waals surface area contributed by atoms with Crippen LogP contribution >= 0.6 is 0 Å². The Kier molecular flexibility index (Phi) is 4.03. The molecule has 0 saturated heterocycles. The first-order chi connectivity index (χ1) is 9.49. The maximum Gasteiger partial charge on any atom is 0.274 e. The average Bonchev–Trinajstić information content (AvgIpc) is 2.42. The van der Waals surface area contributed by atoms with Gasteiger partial charge < -0.3 is 5.32 Å². The molecule has 0 spiro atoms. The van der Waals surface area contributed by atoms with Gasteiger partial charge in [-0.3, -0.25) is 10.1 Å². The highest BCUT2D eigenvalue weighted by atomic mass is 16.6. The summed E-state index contributed by atoms with van der Waals surface area (Å²) >= 11 is 0. The first-order valence-corrected chi connectivity index (χ1v) is 6.56. The summed E-state index contributed by atoms with van der Waals surface area (Å²) in [6.45, 7) is 5.76. The van der Waals surface area contributed by atoms with Gasteiger partial charge in [0, 0.05) is 23.4 Å². The lowest BCUT2D eigenvalue weighted by molar-refractivity contribution is -0.385. The van der Waals surface area contributed by atoms with Crippen molar-refractivity contribution in [3.8, 4) is 0 Å². The molecule has 1 N–H and O–H groups in total. The van der Waals surface area contributed by atoms with Gasteiger partial charge in [-0.05, 0) is 38.0 Å². The van der Waals surface area contributed by atoms with E-state index in [2.05, 4.69) is 5.32 Å². The number of hydrogen-bond acceptors (Lipinski definition) is 3. The number of aryl methyl sites for hydroxylation is 2. The Morgan fingerprint density at radius 1 is 1.10 bits per heavy atom. The second kappa shape index (κ2) is 5.74. The number of nitro benzene ring substituents is 1. The summed E-state index contributed by atoms with van der Waals surface area (Å²) in [6, 6.07) is 13.6. The Morgan fingerprint density at radius 3 is 2.35 bits per heavy atom. The quantitative estimate of drug-likeness (QED) is 0.662. The smallest absolute Gasteiger partial charge is 0.274 e. The Bertz CT molecular complexity index is 624. The number of anilines is 1. The Morgan fingerprint density at radius 2 is 1.75 bits per heavy atom. The van der Waals surface area contributed by atoms with E-state index in [9.17, 15) is 10.1 Å². The minimum absolute atomic E-state index is 0.0946. The highest BCUT2D eigenvalue weighted by Crippen LogP contribution is 2.29. The first-order valence-electron chi connectivity index (χ1n) is 6.56. The Hall–Kier alpha value is -2.36. The Labute approximate surface area is 118 Å². The first kappa shape index (κ1) is 14.1. The molecule has 0 bridgehead atoms. The van der Waals surface area contributed by atoms with Gasteiger partial charge in [0.1, 0.15) is 0 Å². The highest BCUT2D eigenvalue weighted by Gasteiger charge is 2.15. The van der Waals surface area contributed by atoms with E-state index < -0.39 is 0 Å². The van der Waals surface area contributed by atoms with Gasteiger partial charge in [-0.2, -0.15) is 0 Å². The van der Waals surface area contributed by atoms with Crippen LogP contribution in [0.5, 0.6) is 0 Å². The molecule has 0 heterocycles. The van der Waals surface area contributed by atoms with Crippen molar-refractivity contribution in [1.82, 2.24) is 0 Å². The van der Waals surface area contributed by atoms with Gasteiger partial charge in [-0.25, -0.2) is 0 Å². The van der Waals surface area contributed by atoms with Crippen molar-refractivity contribution < 1.29 is 4.92 Å². The summed E-state index contributed by atoms with van der Waals surface area (Å²) in [4.78, 5) is 10.7. The molecule has 4 heteroatoms. The van der Waals surface area contributed by atoms with Crippen molar-refractivity contribution in [2.45, 2.75) is 26.8 Å². The predicted octanol–water partition coefficient (Wildman–Crippen LogP) is 4.38. The van der Waals surface area contributed by atoms with Gasteiger partial charge in [0.05, 0.1) is 4.92 Å². The van der Waals surface area contributed by atoms with Crippen molar-refractivity contribution in [1.29, 1.82) is 0 Å². The standard InChI is InChI=1S/C16H18N2O2/c1-11-9-12(2)16(18(19)20)10-15(11)17-13(3)14-7-5-4-6-8-14/h4-10,13,17H,1-3H3. The lowest BCUT2D eigenvalue weighted by Crippen LogP contribution is -2.08. The fourth-order valence-electron chi connectivity index (χ4n) is 2.25. The lowest BCUT2D eigenvalue weighted by atomic mass is 10.1.